The Morgan fingerprint density at radius 2 is 2.10 bits per heavy atom. The highest BCUT2D eigenvalue weighted by Gasteiger charge is 2.23. The van der Waals surface area contributed by atoms with Crippen LogP contribution in [0.25, 0.3) is 0 Å². The second kappa shape index (κ2) is 6.72. The van der Waals surface area contributed by atoms with E-state index in [0.29, 0.717) is 6.54 Å². The molecule has 1 aromatic carbocycles. The van der Waals surface area contributed by atoms with Crippen LogP contribution in [0, 0.1) is 6.92 Å². The lowest BCUT2D eigenvalue weighted by Crippen LogP contribution is -2.19. The van der Waals surface area contributed by atoms with Crippen LogP contribution in [0.2, 0.25) is 0 Å². The lowest BCUT2D eigenvalue weighted by Gasteiger charge is -2.22. The fourth-order valence-corrected chi connectivity index (χ4v) is 3.68. The Hall–Kier alpha value is -0.880. The molecule has 2 atom stereocenters. The number of methoxy groups -OCH3 is 1. The third kappa shape index (κ3) is 3.23. The fraction of sp³-hybridized carbons (Fsp3) is 0.333. The summed E-state index contributed by atoms with van der Waals surface area (Å²) in [5.74, 6) is 0.676. The van der Waals surface area contributed by atoms with Crippen molar-refractivity contribution in [3.05, 3.63) is 50.1 Å². The van der Waals surface area contributed by atoms with E-state index in [1.165, 1.54) is 11.3 Å². The molecule has 0 radical (unpaired) electrons. The van der Waals surface area contributed by atoms with Gasteiger partial charge in [-0.25, -0.2) is 0 Å². The largest absolute Gasteiger partial charge is 0.496 e. The molecule has 0 aliphatic rings. The van der Waals surface area contributed by atoms with E-state index >= 15 is 0 Å². The normalized spacial score (nSPS) is 14.1. The molecular weight excluding hydrogens is 338 g/mol. The van der Waals surface area contributed by atoms with Crippen molar-refractivity contribution in [3.8, 4) is 5.75 Å². The van der Waals surface area contributed by atoms with Crippen molar-refractivity contribution in [2.45, 2.75) is 18.9 Å². The van der Waals surface area contributed by atoms with Crippen LogP contribution in [0.5, 0.6) is 5.75 Å². The summed E-state index contributed by atoms with van der Waals surface area (Å²) in [7, 11) is 1.65. The lowest BCUT2D eigenvalue weighted by atomic mass is 9.91. The summed E-state index contributed by atoms with van der Waals surface area (Å²) in [5.41, 5.74) is 7.93. The molecule has 108 valence electrons. The third-order valence-electron chi connectivity index (χ3n) is 3.38. The second-order valence-corrected chi connectivity index (χ2v) is 7.15. The minimum absolute atomic E-state index is 0.143. The molecule has 1 aromatic heterocycles. The maximum absolute atomic E-state index is 10.5. The van der Waals surface area contributed by atoms with Crippen molar-refractivity contribution >= 4 is 27.3 Å². The Labute approximate surface area is 131 Å². The summed E-state index contributed by atoms with van der Waals surface area (Å²) in [4.78, 5) is 0.909. The predicted octanol–water partition coefficient (Wildman–Crippen LogP) is 3.60. The highest BCUT2D eigenvalue weighted by molar-refractivity contribution is 9.11. The number of benzene rings is 1. The number of ether oxygens (including phenoxy) is 1. The van der Waals surface area contributed by atoms with Crippen LogP contribution in [0.15, 0.2) is 34.1 Å². The Morgan fingerprint density at radius 1 is 1.35 bits per heavy atom. The second-order valence-electron chi connectivity index (χ2n) is 4.66. The van der Waals surface area contributed by atoms with Gasteiger partial charge in [-0.3, -0.25) is 0 Å². The van der Waals surface area contributed by atoms with Crippen molar-refractivity contribution in [2.24, 2.45) is 5.73 Å². The topological polar surface area (TPSA) is 55.5 Å². The number of aryl methyl sites for hydroxylation is 1. The molecule has 0 aliphatic carbocycles. The van der Waals surface area contributed by atoms with Gasteiger partial charge in [0.15, 0.2) is 0 Å². The first-order chi connectivity index (χ1) is 9.56. The van der Waals surface area contributed by atoms with Gasteiger partial charge in [-0.1, -0.05) is 12.1 Å². The van der Waals surface area contributed by atoms with E-state index in [9.17, 15) is 5.11 Å². The highest BCUT2D eigenvalue weighted by Crippen LogP contribution is 2.37. The number of hydrogen-bond acceptors (Lipinski definition) is 4. The number of aliphatic hydroxyl groups is 1. The molecule has 2 rings (SSSR count). The van der Waals surface area contributed by atoms with Gasteiger partial charge in [-0.2, -0.15) is 0 Å². The summed E-state index contributed by atoms with van der Waals surface area (Å²) in [6, 6.07) is 9.81. The van der Waals surface area contributed by atoms with Gasteiger partial charge in [-0.05, 0) is 52.2 Å². The Morgan fingerprint density at radius 3 is 2.65 bits per heavy atom. The van der Waals surface area contributed by atoms with Crippen LogP contribution in [0.1, 0.15) is 28.0 Å². The van der Waals surface area contributed by atoms with Crippen molar-refractivity contribution in [1.29, 1.82) is 0 Å². The van der Waals surface area contributed by atoms with Gasteiger partial charge in [-0.15, -0.1) is 11.3 Å². The Balaban J connectivity index is 2.32. The fourth-order valence-electron chi connectivity index (χ4n) is 2.20. The molecule has 0 bridgehead atoms. The van der Waals surface area contributed by atoms with Crippen LogP contribution in [-0.2, 0) is 0 Å². The molecule has 20 heavy (non-hydrogen) atoms. The Bertz CT molecular complexity index is 585. The molecule has 0 saturated heterocycles. The van der Waals surface area contributed by atoms with Gasteiger partial charge in [0.1, 0.15) is 5.75 Å². The van der Waals surface area contributed by atoms with Crippen molar-refractivity contribution < 1.29 is 9.84 Å². The lowest BCUT2D eigenvalue weighted by molar-refractivity contribution is 0.151. The van der Waals surface area contributed by atoms with E-state index in [-0.39, 0.29) is 5.92 Å². The third-order valence-corrected chi connectivity index (χ3v) is 5.08. The number of rotatable bonds is 5. The average molecular weight is 356 g/mol. The maximum atomic E-state index is 10.5. The number of halogens is 1. The summed E-state index contributed by atoms with van der Waals surface area (Å²) in [5, 5.41) is 10.5. The zero-order valence-electron chi connectivity index (χ0n) is 11.5. The molecule has 0 fully saturated rings. The molecular formula is C15H18BrNO2S. The molecule has 2 aromatic rings. The molecule has 0 saturated carbocycles. The number of aliphatic hydroxyl groups excluding tert-OH is 1. The van der Waals surface area contributed by atoms with Crippen LogP contribution >= 0.6 is 27.3 Å². The standard InChI is InChI=1S/C15H18BrNO2S/c1-9-3-4-10(7-12(9)19-2)11(8-17)15(18)13-5-6-14(16)20-13/h3-7,11,15,18H,8,17H2,1-2H3. The monoisotopic (exact) mass is 355 g/mol. The molecule has 2 unspecified atom stereocenters. The minimum Gasteiger partial charge on any atom is -0.496 e. The number of thiophene rings is 1. The average Bonchev–Trinajstić information content (AvgIpc) is 2.88. The number of nitrogens with two attached hydrogens (primary N) is 1. The van der Waals surface area contributed by atoms with E-state index in [2.05, 4.69) is 15.9 Å². The molecule has 1 heterocycles. The first kappa shape index (κ1) is 15.5. The number of hydrogen-bond donors (Lipinski definition) is 2. The maximum Gasteiger partial charge on any atom is 0.122 e. The van der Waals surface area contributed by atoms with Crippen molar-refractivity contribution in [2.75, 3.05) is 13.7 Å². The van der Waals surface area contributed by atoms with E-state index in [4.69, 9.17) is 10.5 Å². The smallest absolute Gasteiger partial charge is 0.122 e. The molecule has 0 aliphatic heterocycles. The summed E-state index contributed by atoms with van der Waals surface area (Å²) in [6.45, 7) is 2.37. The van der Waals surface area contributed by atoms with E-state index in [0.717, 1.165) is 25.5 Å². The molecule has 3 nitrogen and oxygen atoms in total. The van der Waals surface area contributed by atoms with Crippen LogP contribution in [0.4, 0.5) is 0 Å². The summed E-state index contributed by atoms with van der Waals surface area (Å²) < 4.78 is 6.35. The Kier molecular flexibility index (Phi) is 5.21. The van der Waals surface area contributed by atoms with Gasteiger partial charge in [0.25, 0.3) is 0 Å². The molecule has 0 spiro atoms. The minimum atomic E-state index is -0.608. The van der Waals surface area contributed by atoms with Gasteiger partial charge in [0.05, 0.1) is 17.0 Å². The van der Waals surface area contributed by atoms with Crippen LogP contribution in [0.3, 0.4) is 0 Å². The van der Waals surface area contributed by atoms with Gasteiger partial charge in [0.2, 0.25) is 0 Å². The summed E-state index contributed by atoms with van der Waals surface area (Å²) >= 11 is 4.94. The first-order valence-electron chi connectivity index (χ1n) is 6.34. The van der Waals surface area contributed by atoms with E-state index in [1.54, 1.807) is 7.11 Å². The summed E-state index contributed by atoms with van der Waals surface area (Å²) in [6.07, 6.45) is -0.608. The zero-order chi connectivity index (χ0) is 14.7. The van der Waals surface area contributed by atoms with E-state index < -0.39 is 6.10 Å². The first-order valence-corrected chi connectivity index (χ1v) is 7.95. The zero-order valence-corrected chi connectivity index (χ0v) is 13.9. The van der Waals surface area contributed by atoms with Crippen molar-refractivity contribution in [3.63, 3.8) is 0 Å². The van der Waals surface area contributed by atoms with Gasteiger partial charge in [0, 0.05) is 17.3 Å². The molecule has 5 heteroatoms. The quantitative estimate of drug-likeness (QED) is 0.861. The van der Waals surface area contributed by atoms with Gasteiger partial charge < -0.3 is 15.6 Å². The predicted molar refractivity (Wildman–Crippen MR) is 86.5 cm³/mol. The highest BCUT2D eigenvalue weighted by atomic mass is 79.9. The SMILES string of the molecule is COc1cc(C(CN)C(O)c2ccc(Br)s2)ccc1C. The van der Waals surface area contributed by atoms with Crippen LogP contribution < -0.4 is 10.5 Å². The molecule has 3 N–H and O–H groups in total. The van der Waals surface area contributed by atoms with Gasteiger partial charge >= 0.3 is 0 Å². The van der Waals surface area contributed by atoms with Crippen LogP contribution in [-0.4, -0.2) is 18.8 Å². The van der Waals surface area contributed by atoms with Crippen molar-refractivity contribution in [1.82, 2.24) is 0 Å². The molecule has 0 amide bonds. The van der Waals surface area contributed by atoms with E-state index in [1.807, 2.05) is 37.3 Å².